The summed E-state index contributed by atoms with van der Waals surface area (Å²) in [7, 11) is 1.63. The Labute approximate surface area is 169 Å². The average molecular weight is 399 g/mol. The molecule has 1 aliphatic heterocycles. The topological polar surface area (TPSA) is 58.6 Å². The van der Waals surface area contributed by atoms with Crippen LogP contribution in [-0.2, 0) is 4.79 Å². The van der Waals surface area contributed by atoms with Crippen molar-refractivity contribution in [1.82, 2.24) is 10.2 Å². The minimum Gasteiger partial charge on any atom is -0.497 e. The summed E-state index contributed by atoms with van der Waals surface area (Å²) < 4.78 is 5.35. The lowest BCUT2D eigenvalue weighted by molar-refractivity contribution is -0.125. The molecule has 2 aliphatic rings. The highest BCUT2D eigenvalue weighted by atomic mass is 35.5. The average Bonchev–Trinajstić information content (AvgIpc) is 3.41. The van der Waals surface area contributed by atoms with Gasteiger partial charge in [-0.3, -0.25) is 9.59 Å². The molecule has 2 aromatic carbocycles. The minimum absolute atomic E-state index is 0.0247. The van der Waals surface area contributed by atoms with Gasteiger partial charge < -0.3 is 15.0 Å². The van der Waals surface area contributed by atoms with Crippen LogP contribution in [0.3, 0.4) is 0 Å². The maximum atomic E-state index is 13.0. The van der Waals surface area contributed by atoms with E-state index in [2.05, 4.69) is 5.32 Å². The molecular weight excluding hydrogens is 376 g/mol. The summed E-state index contributed by atoms with van der Waals surface area (Å²) in [5.74, 6) is 0.320. The van der Waals surface area contributed by atoms with Crippen LogP contribution >= 0.6 is 11.6 Å². The maximum absolute atomic E-state index is 13.0. The predicted molar refractivity (Wildman–Crippen MR) is 108 cm³/mol. The molecule has 0 aromatic heterocycles. The van der Waals surface area contributed by atoms with Gasteiger partial charge in [0, 0.05) is 35.6 Å². The summed E-state index contributed by atoms with van der Waals surface area (Å²) in [6.45, 7) is 0.882. The molecule has 1 saturated carbocycles. The van der Waals surface area contributed by atoms with Gasteiger partial charge in [-0.2, -0.15) is 0 Å². The highest BCUT2D eigenvalue weighted by Gasteiger charge is 2.42. The highest BCUT2D eigenvalue weighted by molar-refractivity contribution is 6.30. The number of carbonyl (C=O) groups is 2. The molecule has 2 atom stereocenters. The number of halogens is 1. The highest BCUT2D eigenvalue weighted by Crippen LogP contribution is 2.36. The summed E-state index contributed by atoms with van der Waals surface area (Å²) in [4.78, 5) is 27.7. The Balaban J connectivity index is 1.60. The number of methoxy groups -OCH3 is 1. The lowest BCUT2D eigenvalue weighted by atomic mass is 9.88. The van der Waals surface area contributed by atoms with Gasteiger partial charge in [-0.25, -0.2) is 0 Å². The van der Waals surface area contributed by atoms with Crippen molar-refractivity contribution in [3.8, 4) is 5.75 Å². The van der Waals surface area contributed by atoms with E-state index in [9.17, 15) is 9.59 Å². The first kappa shape index (κ1) is 18.8. The SMILES string of the molecule is COc1cccc(C2CN(C(=O)c3cccc(Cl)c3)CC2C(=O)NC2CC2)c1. The van der Waals surface area contributed by atoms with Crippen molar-refractivity contribution in [2.45, 2.75) is 24.8 Å². The molecule has 2 fully saturated rings. The molecule has 4 rings (SSSR count). The van der Waals surface area contributed by atoms with Gasteiger partial charge in [0.25, 0.3) is 5.91 Å². The zero-order chi connectivity index (χ0) is 19.7. The normalized spacial score (nSPS) is 21.4. The monoisotopic (exact) mass is 398 g/mol. The van der Waals surface area contributed by atoms with E-state index in [0.717, 1.165) is 24.2 Å². The Bertz CT molecular complexity index is 897. The van der Waals surface area contributed by atoms with Crippen LogP contribution in [0.4, 0.5) is 0 Å². The van der Waals surface area contributed by atoms with Crippen LogP contribution in [-0.4, -0.2) is 43.0 Å². The fourth-order valence-electron chi connectivity index (χ4n) is 3.79. The lowest BCUT2D eigenvalue weighted by Crippen LogP contribution is -2.36. The summed E-state index contributed by atoms with van der Waals surface area (Å²) in [6.07, 6.45) is 2.07. The fraction of sp³-hybridized carbons (Fsp3) is 0.364. The number of ether oxygens (including phenoxy) is 1. The van der Waals surface area contributed by atoms with Gasteiger partial charge in [0.2, 0.25) is 5.91 Å². The van der Waals surface area contributed by atoms with Crippen LogP contribution in [0.1, 0.15) is 34.7 Å². The van der Waals surface area contributed by atoms with Crippen LogP contribution in [0, 0.1) is 5.92 Å². The second-order valence-electron chi connectivity index (χ2n) is 7.49. The van der Waals surface area contributed by atoms with Crippen LogP contribution in [0.25, 0.3) is 0 Å². The largest absolute Gasteiger partial charge is 0.497 e. The third kappa shape index (κ3) is 3.99. The first-order valence-electron chi connectivity index (χ1n) is 9.54. The number of likely N-dealkylation sites (tertiary alicyclic amines) is 1. The molecule has 5 nitrogen and oxygen atoms in total. The molecule has 1 saturated heterocycles. The first-order valence-corrected chi connectivity index (χ1v) is 9.92. The van der Waals surface area contributed by atoms with Crippen molar-refractivity contribution >= 4 is 23.4 Å². The number of hydrogen-bond acceptors (Lipinski definition) is 3. The van der Waals surface area contributed by atoms with Gasteiger partial charge in [-0.15, -0.1) is 0 Å². The smallest absolute Gasteiger partial charge is 0.253 e. The second-order valence-corrected chi connectivity index (χ2v) is 7.93. The molecule has 2 unspecified atom stereocenters. The Morgan fingerprint density at radius 3 is 2.61 bits per heavy atom. The second kappa shape index (κ2) is 7.84. The Morgan fingerprint density at radius 2 is 1.89 bits per heavy atom. The number of benzene rings is 2. The molecule has 0 radical (unpaired) electrons. The van der Waals surface area contributed by atoms with E-state index in [4.69, 9.17) is 16.3 Å². The summed E-state index contributed by atoms with van der Waals surface area (Å²) in [6, 6.07) is 15.0. The van der Waals surface area contributed by atoms with Crippen LogP contribution in [0.2, 0.25) is 5.02 Å². The predicted octanol–water partition coefficient (Wildman–Crippen LogP) is 3.48. The molecular formula is C22H23ClN2O3. The molecule has 1 aliphatic carbocycles. The van der Waals surface area contributed by atoms with Gasteiger partial charge in [0.1, 0.15) is 5.75 Å². The number of nitrogens with zero attached hydrogens (tertiary/aromatic N) is 1. The van der Waals surface area contributed by atoms with E-state index >= 15 is 0 Å². The number of rotatable bonds is 5. The van der Waals surface area contributed by atoms with E-state index in [-0.39, 0.29) is 29.7 Å². The zero-order valence-electron chi connectivity index (χ0n) is 15.7. The molecule has 146 valence electrons. The zero-order valence-corrected chi connectivity index (χ0v) is 16.5. The molecule has 6 heteroatoms. The van der Waals surface area contributed by atoms with Gasteiger partial charge in [-0.05, 0) is 48.7 Å². The number of hydrogen-bond donors (Lipinski definition) is 1. The first-order chi connectivity index (χ1) is 13.5. The van der Waals surface area contributed by atoms with Crippen molar-refractivity contribution < 1.29 is 14.3 Å². The molecule has 2 aromatic rings. The van der Waals surface area contributed by atoms with Gasteiger partial charge in [0.05, 0.1) is 13.0 Å². The van der Waals surface area contributed by atoms with E-state index in [1.807, 2.05) is 24.3 Å². The summed E-state index contributed by atoms with van der Waals surface area (Å²) in [5, 5.41) is 3.63. The van der Waals surface area contributed by atoms with Gasteiger partial charge in [-0.1, -0.05) is 29.8 Å². The standard InChI is InChI=1S/C22H23ClN2O3/c1-28-18-7-3-4-14(11-18)19-12-25(13-20(19)21(26)24-17-8-9-17)22(27)15-5-2-6-16(23)10-15/h2-7,10-11,17,19-20H,8-9,12-13H2,1H3,(H,24,26). The fourth-order valence-corrected chi connectivity index (χ4v) is 3.98. The van der Waals surface area contributed by atoms with Crippen LogP contribution < -0.4 is 10.1 Å². The van der Waals surface area contributed by atoms with E-state index in [1.165, 1.54) is 0 Å². The van der Waals surface area contributed by atoms with Gasteiger partial charge >= 0.3 is 0 Å². The van der Waals surface area contributed by atoms with E-state index < -0.39 is 0 Å². The van der Waals surface area contributed by atoms with Crippen molar-refractivity contribution in [3.63, 3.8) is 0 Å². The van der Waals surface area contributed by atoms with Gasteiger partial charge in [0.15, 0.2) is 0 Å². The molecule has 1 N–H and O–H groups in total. The van der Waals surface area contributed by atoms with Crippen molar-refractivity contribution in [2.75, 3.05) is 20.2 Å². The van der Waals surface area contributed by atoms with Crippen LogP contribution in [0.15, 0.2) is 48.5 Å². The molecule has 0 bridgehead atoms. The number of carbonyl (C=O) groups excluding carboxylic acids is 2. The summed E-state index contributed by atoms with van der Waals surface area (Å²) >= 11 is 6.05. The Kier molecular flexibility index (Phi) is 5.27. The Hall–Kier alpha value is -2.53. The third-order valence-electron chi connectivity index (χ3n) is 5.46. The third-order valence-corrected chi connectivity index (χ3v) is 5.70. The minimum atomic E-state index is -0.282. The lowest BCUT2D eigenvalue weighted by Gasteiger charge is -2.18. The molecule has 0 spiro atoms. The van der Waals surface area contributed by atoms with Crippen molar-refractivity contribution in [2.24, 2.45) is 5.92 Å². The maximum Gasteiger partial charge on any atom is 0.253 e. The number of amides is 2. The quantitative estimate of drug-likeness (QED) is 0.838. The number of nitrogens with one attached hydrogen (secondary N) is 1. The Morgan fingerprint density at radius 1 is 1.11 bits per heavy atom. The van der Waals surface area contributed by atoms with E-state index in [0.29, 0.717) is 23.7 Å². The molecule has 28 heavy (non-hydrogen) atoms. The van der Waals surface area contributed by atoms with E-state index in [1.54, 1.807) is 36.3 Å². The molecule has 2 amide bonds. The molecule has 1 heterocycles. The van der Waals surface area contributed by atoms with Crippen molar-refractivity contribution in [3.05, 3.63) is 64.7 Å². The van der Waals surface area contributed by atoms with Crippen LogP contribution in [0.5, 0.6) is 5.75 Å². The van der Waals surface area contributed by atoms with Crippen molar-refractivity contribution in [1.29, 1.82) is 0 Å². The summed E-state index contributed by atoms with van der Waals surface area (Å²) in [5.41, 5.74) is 1.55.